The molecular weight excluding hydrogens is 430 g/mol. The van der Waals surface area contributed by atoms with Crippen molar-refractivity contribution in [2.45, 2.75) is 12.8 Å². The van der Waals surface area contributed by atoms with E-state index in [1.54, 1.807) is 49.9 Å². The second-order valence-electron chi connectivity index (χ2n) is 6.63. The van der Waals surface area contributed by atoms with E-state index in [9.17, 15) is 9.59 Å². The van der Waals surface area contributed by atoms with E-state index in [4.69, 9.17) is 19.5 Å². The Kier molecular flexibility index (Phi) is 7.78. The van der Waals surface area contributed by atoms with E-state index >= 15 is 0 Å². The van der Waals surface area contributed by atoms with Crippen LogP contribution in [0.4, 0.5) is 5.69 Å². The van der Waals surface area contributed by atoms with Crippen LogP contribution in [0.2, 0.25) is 0 Å². The molecule has 0 aliphatic heterocycles. The van der Waals surface area contributed by atoms with Gasteiger partial charge in [-0.25, -0.2) is 4.98 Å². The fourth-order valence-electron chi connectivity index (χ4n) is 2.83. The molecular formula is C23H21N3O5S. The van der Waals surface area contributed by atoms with E-state index in [0.717, 1.165) is 16.1 Å². The first-order valence-corrected chi connectivity index (χ1v) is 10.5. The van der Waals surface area contributed by atoms with E-state index in [1.165, 1.54) is 11.3 Å². The van der Waals surface area contributed by atoms with Crippen molar-refractivity contribution >= 4 is 28.9 Å². The van der Waals surface area contributed by atoms with Crippen molar-refractivity contribution in [3.8, 4) is 28.1 Å². The fourth-order valence-corrected chi connectivity index (χ4v) is 3.65. The molecule has 0 atom stereocenters. The largest absolute Gasteiger partial charge is 0.493 e. The summed E-state index contributed by atoms with van der Waals surface area (Å²) < 4.78 is 15.6. The van der Waals surface area contributed by atoms with Gasteiger partial charge in [0.1, 0.15) is 5.01 Å². The number of thiazole rings is 1. The van der Waals surface area contributed by atoms with Crippen LogP contribution in [0.25, 0.3) is 10.6 Å². The van der Waals surface area contributed by atoms with Gasteiger partial charge in [-0.2, -0.15) is 5.26 Å². The minimum Gasteiger partial charge on any atom is -0.493 e. The Bertz CT molecular complexity index is 1140. The van der Waals surface area contributed by atoms with Gasteiger partial charge in [0.25, 0.3) is 5.91 Å². The number of hydrogen-bond donors (Lipinski definition) is 1. The van der Waals surface area contributed by atoms with Gasteiger partial charge in [0.2, 0.25) is 0 Å². The molecule has 1 heterocycles. The van der Waals surface area contributed by atoms with Crippen molar-refractivity contribution < 1.29 is 23.8 Å². The smallest absolute Gasteiger partial charge is 0.312 e. The predicted molar refractivity (Wildman–Crippen MR) is 120 cm³/mol. The number of esters is 1. The number of benzene rings is 2. The maximum atomic E-state index is 12.1. The second kappa shape index (κ2) is 10.9. The van der Waals surface area contributed by atoms with E-state index in [-0.39, 0.29) is 6.42 Å². The molecule has 164 valence electrons. The van der Waals surface area contributed by atoms with Crippen LogP contribution in [-0.4, -0.2) is 37.7 Å². The van der Waals surface area contributed by atoms with Crippen molar-refractivity contribution in [1.29, 1.82) is 5.26 Å². The first-order chi connectivity index (χ1) is 15.5. The first kappa shape index (κ1) is 22.8. The van der Waals surface area contributed by atoms with Crippen molar-refractivity contribution in [1.82, 2.24) is 4.98 Å². The minimum absolute atomic E-state index is 0.0417. The Balaban J connectivity index is 1.51. The monoisotopic (exact) mass is 451 g/mol. The number of carbonyl (C=O) groups excluding carboxylic acids is 2. The number of nitriles is 1. The minimum atomic E-state index is -0.548. The summed E-state index contributed by atoms with van der Waals surface area (Å²) in [5, 5.41) is 13.8. The third-order valence-corrected chi connectivity index (χ3v) is 5.33. The van der Waals surface area contributed by atoms with Crippen molar-refractivity contribution in [3.63, 3.8) is 0 Å². The standard InChI is InChI=1S/C23H21N3O5S/c1-29-19-8-5-16(11-20(19)30-2)23-26-18(14-32-23)12-22(28)31-13-21(27)25-17-6-3-15(4-7-17)9-10-24/h3-8,11,14H,9,12-13H2,1-2H3,(H,25,27). The molecule has 0 unspecified atom stereocenters. The average molecular weight is 452 g/mol. The van der Waals surface area contributed by atoms with Gasteiger partial charge in [-0.05, 0) is 35.9 Å². The first-order valence-electron chi connectivity index (χ1n) is 9.60. The molecule has 0 bridgehead atoms. The Morgan fingerprint density at radius 1 is 1.09 bits per heavy atom. The van der Waals surface area contributed by atoms with Crippen molar-refractivity contribution in [2.24, 2.45) is 0 Å². The molecule has 0 saturated heterocycles. The van der Waals surface area contributed by atoms with Crippen LogP contribution in [0.5, 0.6) is 11.5 Å². The van der Waals surface area contributed by atoms with Crippen LogP contribution in [0.1, 0.15) is 11.3 Å². The average Bonchev–Trinajstić information content (AvgIpc) is 3.27. The zero-order valence-corrected chi connectivity index (χ0v) is 18.4. The molecule has 3 aromatic rings. The van der Waals surface area contributed by atoms with Crippen LogP contribution >= 0.6 is 11.3 Å². The van der Waals surface area contributed by atoms with E-state index in [0.29, 0.717) is 29.3 Å². The normalized spacial score (nSPS) is 10.2. The fraction of sp³-hybridized carbons (Fsp3) is 0.217. The summed E-state index contributed by atoms with van der Waals surface area (Å²) >= 11 is 1.39. The number of nitrogens with zero attached hydrogens (tertiary/aromatic N) is 2. The summed E-state index contributed by atoms with van der Waals surface area (Å²) in [6, 6.07) is 14.4. The van der Waals surface area contributed by atoms with E-state index < -0.39 is 18.5 Å². The van der Waals surface area contributed by atoms with Gasteiger partial charge in [-0.3, -0.25) is 9.59 Å². The van der Waals surface area contributed by atoms with Gasteiger partial charge in [0.15, 0.2) is 18.1 Å². The highest BCUT2D eigenvalue weighted by molar-refractivity contribution is 7.13. The molecule has 0 radical (unpaired) electrons. The van der Waals surface area contributed by atoms with Crippen LogP contribution in [-0.2, 0) is 27.2 Å². The number of aromatic nitrogens is 1. The zero-order chi connectivity index (χ0) is 22.9. The molecule has 1 aromatic heterocycles. The third-order valence-electron chi connectivity index (χ3n) is 4.39. The molecule has 0 spiro atoms. The van der Waals surface area contributed by atoms with E-state index in [2.05, 4.69) is 16.4 Å². The van der Waals surface area contributed by atoms with Gasteiger partial charge >= 0.3 is 5.97 Å². The highest BCUT2D eigenvalue weighted by atomic mass is 32.1. The summed E-state index contributed by atoms with van der Waals surface area (Å²) in [6.07, 6.45) is 0.260. The van der Waals surface area contributed by atoms with Crippen LogP contribution < -0.4 is 14.8 Å². The molecule has 0 aliphatic rings. The van der Waals surface area contributed by atoms with Gasteiger partial charge in [-0.15, -0.1) is 11.3 Å². The molecule has 2 aromatic carbocycles. The molecule has 1 N–H and O–H groups in total. The quantitative estimate of drug-likeness (QED) is 0.495. The highest BCUT2D eigenvalue weighted by Gasteiger charge is 2.14. The summed E-state index contributed by atoms with van der Waals surface area (Å²) in [5.41, 5.74) is 2.81. The highest BCUT2D eigenvalue weighted by Crippen LogP contribution is 2.33. The summed E-state index contributed by atoms with van der Waals surface area (Å²) in [5.74, 6) is 0.212. The number of amides is 1. The lowest BCUT2D eigenvalue weighted by molar-refractivity contribution is -0.146. The number of methoxy groups -OCH3 is 2. The zero-order valence-electron chi connectivity index (χ0n) is 17.6. The predicted octanol–water partition coefficient (Wildman–Crippen LogP) is 3.62. The maximum absolute atomic E-state index is 12.1. The Hall–Kier alpha value is -3.90. The molecule has 32 heavy (non-hydrogen) atoms. The van der Waals surface area contributed by atoms with Gasteiger partial charge < -0.3 is 19.5 Å². The third kappa shape index (κ3) is 6.06. The molecule has 0 fully saturated rings. The van der Waals surface area contributed by atoms with Gasteiger partial charge in [-0.1, -0.05) is 12.1 Å². The molecule has 0 aliphatic carbocycles. The van der Waals surface area contributed by atoms with Crippen LogP contribution in [0, 0.1) is 11.3 Å². The van der Waals surface area contributed by atoms with Crippen molar-refractivity contribution in [2.75, 3.05) is 26.1 Å². The molecule has 3 rings (SSSR count). The number of anilines is 1. The summed E-state index contributed by atoms with van der Waals surface area (Å²) in [7, 11) is 3.13. The second-order valence-corrected chi connectivity index (χ2v) is 7.49. The Labute approximate surface area is 189 Å². The number of ether oxygens (including phenoxy) is 3. The summed E-state index contributed by atoms with van der Waals surface area (Å²) in [6.45, 7) is -0.397. The number of rotatable bonds is 9. The lowest BCUT2D eigenvalue weighted by Gasteiger charge is -2.08. The molecule has 8 nitrogen and oxygen atoms in total. The lowest BCUT2D eigenvalue weighted by atomic mass is 10.1. The summed E-state index contributed by atoms with van der Waals surface area (Å²) in [4.78, 5) is 28.6. The Morgan fingerprint density at radius 3 is 2.53 bits per heavy atom. The SMILES string of the molecule is COc1ccc(-c2nc(CC(=O)OCC(=O)Nc3ccc(CC#N)cc3)cs2)cc1OC. The lowest BCUT2D eigenvalue weighted by Crippen LogP contribution is -2.21. The number of carbonyl (C=O) groups is 2. The maximum Gasteiger partial charge on any atom is 0.312 e. The van der Waals surface area contributed by atoms with Crippen LogP contribution in [0.3, 0.4) is 0 Å². The van der Waals surface area contributed by atoms with Crippen LogP contribution in [0.15, 0.2) is 47.8 Å². The van der Waals surface area contributed by atoms with Gasteiger partial charge in [0, 0.05) is 16.6 Å². The molecule has 0 saturated carbocycles. The molecule has 9 heteroatoms. The Morgan fingerprint density at radius 2 is 1.84 bits per heavy atom. The number of nitrogens with one attached hydrogen (secondary N) is 1. The topological polar surface area (TPSA) is 111 Å². The van der Waals surface area contributed by atoms with Crippen molar-refractivity contribution in [3.05, 3.63) is 59.1 Å². The van der Waals surface area contributed by atoms with Gasteiger partial charge in [0.05, 0.1) is 38.8 Å². The molecule has 1 amide bonds. The van der Waals surface area contributed by atoms with E-state index in [1.807, 2.05) is 12.1 Å². The number of hydrogen-bond acceptors (Lipinski definition) is 8.